The summed E-state index contributed by atoms with van der Waals surface area (Å²) in [7, 11) is 1.80. The van der Waals surface area contributed by atoms with Crippen molar-refractivity contribution in [3.63, 3.8) is 0 Å². The summed E-state index contributed by atoms with van der Waals surface area (Å²) in [5.74, 6) is 0.824. The molecule has 5 heteroatoms. The van der Waals surface area contributed by atoms with Crippen molar-refractivity contribution in [1.82, 2.24) is 4.90 Å². The zero-order chi connectivity index (χ0) is 15.9. The molecule has 2 aromatic rings. The Kier molecular flexibility index (Phi) is 6.21. The van der Waals surface area contributed by atoms with Gasteiger partial charge in [-0.3, -0.25) is 4.79 Å². The van der Waals surface area contributed by atoms with Gasteiger partial charge in [-0.05, 0) is 58.8 Å². The molecule has 22 heavy (non-hydrogen) atoms. The third kappa shape index (κ3) is 5.00. The third-order valence-electron chi connectivity index (χ3n) is 3.01. The predicted octanol–water partition coefficient (Wildman–Crippen LogP) is 4.58. The molecule has 0 spiro atoms. The molecule has 0 saturated heterocycles. The van der Waals surface area contributed by atoms with Crippen LogP contribution in [0.25, 0.3) is 6.08 Å². The Balaban J connectivity index is 1.92. The van der Waals surface area contributed by atoms with E-state index in [1.54, 1.807) is 29.4 Å². The number of nitrogens with zero attached hydrogens (tertiary/aromatic N) is 1. The van der Waals surface area contributed by atoms with Gasteiger partial charge in [0.2, 0.25) is 5.91 Å². The number of benzene rings is 1. The van der Waals surface area contributed by atoms with Crippen LogP contribution in [0.2, 0.25) is 0 Å². The Morgan fingerprint density at radius 3 is 2.59 bits per heavy atom. The number of ether oxygens (including phenoxy) is 1. The van der Waals surface area contributed by atoms with Crippen molar-refractivity contribution in [1.29, 1.82) is 0 Å². The molecule has 0 radical (unpaired) electrons. The van der Waals surface area contributed by atoms with Crippen molar-refractivity contribution >= 4 is 39.2 Å². The van der Waals surface area contributed by atoms with Crippen LogP contribution in [0.15, 0.2) is 46.3 Å². The Morgan fingerprint density at radius 2 is 2.00 bits per heavy atom. The summed E-state index contributed by atoms with van der Waals surface area (Å²) in [5.41, 5.74) is 0.976. The van der Waals surface area contributed by atoms with Gasteiger partial charge in [-0.1, -0.05) is 12.1 Å². The topological polar surface area (TPSA) is 29.5 Å². The van der Waals surface area contributed by atoms with E-state index in [9.17, 15) is 4.79 Å². The molecule has 1 aromatic carbocycles. The smallest absolute Gasteiger partial charge is 0.246 e. The molecule has 1 heterocycles. The van der Waals surface area contributed by atoms with Gasteiger partial charge in [0.15, 0.2) is 0 Å². The second kappa shape index (κ2) is 8.15. The molecule has 0 aliphatic rings. The summed E-state index contributed by atoms with van der Waals surface area (Å²) >= 11 is 5.07. The van der Waals surface area contributed by atoms with E-state index in [0.29, 0.717) is 13.2 Å². The van der Waals surface area contributed by atoms with Crippen molar-refractivity contribution < 1.29 is 9.53 Å². The maximum absolute atomic E-state index is 12.1. The molecule has 0 saturated carbocycles. The molecule has 0 atom stereocenters. The van der Waals surface area contributed by atoms with Crippen LogP contribution in [-0.4, -0.2) is 24.5 Å². The normalized spacial score (nSPS) is 10.9. The van der Waals surface area contributed by atoms with Crippen LogP contribution in [0.3, 0.4) is 0 Å². The average Bonchev–Trinajstić information content (AvgIpc) is 2.91. The van der Waals surface area contributed by atoms with Gasteiger partial charge in [-0.25, -0.2) is 0 Å². The highest BCUT2D eigenvalue weighted by Gasteiger charge is 2.07. The van der Waals surface area contributed by atoms with Crippen LogP contribution in [0.5, 0.6) is 5.75 Å². The number of hydrogen-bond acceptors (Lipinski definition) is 3. The second-order valence-electron chi connectivity index (χ2n) is 4.74. The third-order valence-corrected chi connectivity index (χ3v) is 4.62. The van der Waals surface area contributed by atoms with Gasteiger partial charge in [-0.15, -0.1) is 11.3 Å². The highest BCUT2D eigenvalue weighted by Crippen LogP contribution is 2.23. The Hall–Kier alpha value is -1.59. The summed E-state index contributed by atoms with van der Waals surface area (Å²) < 4.78 is 6.47. The van der Waals surface area contributed by atoms with Crippen molar-refractivity contribution in [2.45, 2.75) is 13.5 Å². The summed E-state index contributed by atoms with van der Waals surface area (Å²) in [6, 6.07) is 11.7. The number of carbonyl (C=O) groups is 1. The first-order chi connectivity index (χ1) is 10.6. The number of amides is 1. The van der Waals surface area contributed by atoms with Gasteiger partial charge >= 0.3 is 0 Å². The Bertz CT molecular complexity index is 649. The number of carbonyl (C=O) groups excluding carboxylic acids is 1. The molecule has 0 unspecified atom stereocenters. The largest absolute Gasteiger partial charge is 0.494 e. The predicted molar refractivity (Wildman–Crippen MR) is 95.1 cm³/mol. The minimum Gasteiger partial charge on any atom is -0.494 e. The number of likely N-dealkylation sites (N-methyl/N-ethyl adjacent to an activating group) is 1. The van der Waals surface area contributed by atoms with Crippen LogP contribution in [0.1, 0.15) is 17.4 Å². The number of rotatable bonds is 6. The van der Waals surface area contributed by atoms with Crippen molar-refractivity contribution in [2.75, 3.05) is 13.7 Å². The molecular formula is C17H18BrNO2S. The average molecular weight is 380 g/mol. The number of hydrogen-bond donors (Lipinski definition) is 0. The van der Waals surface area contributed by atoms with Gasteiger partial charge in [0.1, 0.15) is 5.75 Å². The second-order valence-corrected chi connectivity index (χ2v) is 7.28. The van der Waals surface area contributed by atoms with Crippen LogP contribution < -0.4 is 4.74 Å². The van der Waals surface area contributed by atoms with Gasteiger partial charge in [0.25, 0.3) is 0 Å². The van der Waals surface area contributed by atoms with Crippen LogP contribution in [0.4, 0.5) is 0 Å². The lowest BCUT2D eigenvalue weighted by atomic mass is 10.2. The molecule has 1 amide bonds. The lowest BCUT2D eigenvalue weighted by Crippen LogP contribution is -2.23. The fraction of sp³-hybridized carbons (Fsp3) is 0.235. The molecule has 2 rings (SSSR count). The minimum atomic E-state index is -0.0154. The molecule has 0 N–H and O–H groups in total. The van der Waals surface area contributed by atoms with Gasteiger partial charge in [-0.2, -0.15) is 0 Å². The summed E-state index contributed by atoms with van der Waals surface area (Å²) in [6.07, 6.45) is 3.41. The van der Waals surface area contributed by atoms with Crippen molar-refractivity contribution in [3.8, 4) is 5.75 Å². The van der Waals surface area contributed by atoms with Gasteiger partial charge in [0.05, 0.1) is 16.9 Å². The molecule has 0 bridgehead atoms. The van der Waals surface area contributed by atoms with E-state index < -0.39 is 0 Å². The zero-order valence-corrected chi connectivity index (χ0v) is 15.0. The van der Waals surface area contributed by atoms with Crippen LogP contribution in [0, 0.1) is 0 Å². The Morgan fingerprint density at radius 1 is 1.27 bits per heavy atom. The van der Waals surface area contributed by atoms with Crippen molar-refractivity contribution in [2.24, 2.45) is 0 Å². The fourth-order valence-electron chi connectivity index (χ4n) is 1.88. The van der Waals surface area contributed by atoms with Gasteiger partial charge in [0, 0.05) is 18.0 Å². The van der Waals surface area contributed by atoms with E-state index >= 15 is 0 Å². The van der Waals surface area contributed by atoms with E-state index in [4.69, 9.17) is 4.74 Å². The number of halogens is 1. The van der Waals surface area contributed by atoms with E-state index in [-0.39, 0.29) is 5.91 Å². The monoisotopic (exact) mass is 379 g/mol. The lowest BCUT2D eigenvalue weighted by Gasteiger charge is -2.13. The van der Waals surface area contributed by atoms with E-state index in [1.807, 2.05) is 49.4 Å². The highest BCUT2D eigenvalue weighted by atomic mass is 79.9. The first-order valence-electron chi connectivity index (χ1n) is 6.98. The van der Waals surface area contributed by atoms with E-state index in [0.717, 1.165) is 20.0 Å². The minimum absolute atomic E-state index is 0.0154. The van der Waals surface area contributed by atoms with Crippen LogP contribution >= 0.6 is 27.3 Å². The maximum atomic E-state index is 12.1. The Labute approximate surface area is 143 Å². The maximum Gasteiger partial charge on any atom is 0.246 e. The molecule has 0 aliphatic carbocycles. The van der Waals surface area contributed by atoms with E-state index in [1.165, 1.54) is 0 Å². The SMILES string of the molecule is CCOc1ccc(/C=C/C(=O)N(C)Cc2ccc(Br)s2)cc1. The van der Waals surface area contributed by atoms with Crippen LogP contribution in [-0.2, 0) is 11.3 Å². The number of thiophene rings is 1. The molecule has 0 aliphatic heterocycles. The highest BCUT2D eigenvalue weighted by molar-refractivity contribution is 9.11. The molecule has 3 nitrogen and oxygen atoms in total. The summed E-state index contributed by atoms with van der Waals surface area (Å²) in [5, 5.41) is 0. The first kappa shape index (κ1) is 16.8. The first-order valence-corrected chi connectivity index (χ1v) is 8.59. The molecule has 116 valence electrons. The van der Waals surface area contributed by atoms with Crippen molar-refractivity contribution in [3.05, 3.63) is 56.7 Å². The molecular weight excluding hydrogens is 362 g/mol. The van der Waals surface area contributed by atoms with Gasteiger partial charge < -0.3 is 9.64 Å². The fourth-order valence-corrected chi connectivity index (χ4v) is 3.42. The standard InChI is InChI=1S/C17H18BrNO2S/c1-3-21-14-7-4-13(5-8-14)6-11-17(20)19(2)12-15-9-10-16(18)22-15/h4-11H,3,12H2,1-2H3/b11-6+. The molecule has 1 aromatic heterocycles. The quantitative estimate of drug-likeness (QED) is 0.687. The summed E-state index contributed by atoms with van der Waals surface area (Å²) in [4.78, 5) is 15.0. The summed E-state index contributed by atoms with van der Waals surface area (Å²) in [6.45, 7) is 3.22. The van der Waals surface area contributed by atoms with E-state index in [2.05, 4.69) is 15.9 Å². The molecule has 0 fully saturated rings. The zero-order valence-electron chi connectivity index (χ0n) is 12.6. The lowest BCUT2D eigenvalue weighted by molar-refractivity contribution is -0.125.